The number of carbonyl (C=O) groups excluding carboxylic acids is 1. The Kier molecular flexibility index (Phi) is 5.69. The smallest absolute Gasteiger partial charge is 0.231 e. The van der Waals surface area contributed by atoms with E-state index in [0.717, 1.165) is 18.8 Å². The van der Waals surface area contributed by atoms with E-state index in [1.165, 1.54) is 11.3 Å². The summed E-state index contributed by atoms with van der Waals surface area (Å²) in [6.45, 7) is 6.14. The molecule has 0 unspecified atom stereocenters. The number of anilines is 4. The van der Waals surface area contributed by atoms with Gasteiger partial charge in [0.2, 0.25) is 12.6 Å². The number of nitriles is 1. The van der Waals surface area contributed by atoms with Crippen molar-refractivity contribution < 1.29 is 14.3 Å². The van der Waals surface area contributed by atoms with Gasteiger partial charge in [-0.2, -0.15) is 5.26 Å². The van der Waals surface area contributed by atoms with Crippen LogP contribution in [-0.4, -0.2) is 25.7 Å². The van der Waals surface area contributed by atoms with E-state index >= 15 is 0 Å². The lowest BCUT2D eigenvalue weighted by molar-refractivity contribution is 0.104. The van der Waals surface area contributed by atoms with Gasteiger partial charge < -0.3 is 25.4 Å². The predicted octanol–water partition coefficient (Wildman–Crippen LogP) is 4.75. The number of benzene rings is 2. The molecule has 1 aliphatic rings. The molecule has 1 aromatic heterocycles. The average molecular weight is 435 g/mol. The monoisotopic (exact) mass is 434 g/mol. The summed E-state index contributed by atoms with van der Waals surface area (Å²) in [6, 6.07) is 15.0. The summed E-state index contributed by atoms with van der Waals surface area (Å²) in [7, 11) is 0. The highest BCUT2D eigenvalue weighted by atomic mass is 32.1. The Morgan fingerprint density at radius 1 is 1.16 bits per heavy atom. The van der Waals surface area contributed by atoms with Crippen LogP contribution in [0, 0.1) is 11.3 Å². The second kappa shape index (κ2) is 8.58. The van der Waals surface area contributed by atoms with E-state index in [9.17, 15) is 10.1 Å². The van der Waals surface area contributed by atoms with Crippen molar-refractivity contribution in [2.24, 2.45) is 0 Å². The number of fused-ring (bicyclic) bond motifs is 1. The maximum atomic E-state index is 13.1. The molecular weight excluding hydrogens is 412 g/mol. The predicted molar refractivity (Wildman–Crippen MR) is 123 cm³/mol. The summed E-state index contributed by atoms with van der Waals surface area (Å²) in [5.74, 6) is 1.09. The van der Waals surface area contributed by atoms with Gasteiger partial charge in [-0.1, -0.05) is 0 Å². The first kappa shape index (κ1) is 20.6. The summed E-state index contributed by atoms with van der Waals surface area (Å²) in [6.07, 6.45) is 0. The van der Waals surface area contributed by atoms with Crippen molar-refractivity contribution in [3.63, 3.8) is 0 Å². The Morgan fingerprint density at radius 2 is 1.87 bits per heavy atom. The zero-order chi connectivity index (χ0) is 22.0. The second-order valence-corrected chi connectivity index (χ2v) is 7.92. The number of ketones is 1. The molecule has 0 fully saturated rings. The molecule has 0 spiro atoms. The summed E-state index contributed by atoms with van der Waals surface area (Å²) >= 11 is 1.17. The third-order valence-electron chi connectivity index (χ3n) is 5.15. The third-order valence-corrected chi connectivity index (χ3v) is 6.27. The first-order valence-electron chi connectivity index (χ1n) is 9.94. The Bertz CT molecular complexity index is 1160. The van der Waals surface area contributed by atoms with Crippen LogP contribution < -0.4 is 25.4 Å². The zero-order valence-corrected chi connectivity index (χ0v) is 18.1. The maximum absolute atomic E-state index is 13.1. The minimum atomic E-state index is -0.205. The van der Waals surface area contributed by atoms with Crippen LogP contribution in [-0.2, 0) is 0 Å². The van der Waals surface area contributed by atoms with Crippen molar-refractivity contribution in [1.82, 2.24) is 0 Å². The second-order valence-electron chi connectivity index (χ2n) is 6.90. The normalized spacial score (nSPS) is 11.8. The molecule has 0 saturated carbocycles. The molecule has 31 heavy (non-hydrogen) atoms. The van der Waals surface area contributed by atoms with Crippen LogP contribution in [0.2, 0.25) is 0 Å². The summed E-state index contributed by atoms with van der Waals surface area (Å²) in [5, 5.41) is 13.3. The van der Waals surface area contributed by atoms with Gasteiger partial charge >= 0.3 is 0 Å². The number of carbonyl (C=O) groups is 1. The van der Waals surface area contributed by atoms with E-state index in [2.05, 4.69) is 30.1 Å². The number of nitrogens with zero attached hydrogens (tertiary/aromatic N) is 2. The number of hydrogen-bond acceptors (Lipinski definition) is 8. The quantitative estimate of drug-likeness (QED) is 0.518. The highest BCUT2D eigenvalue weighted by Gasteiger charge is 2.23. The fourth-order valence-electron chi connectivity index (χ4n) is 3.46. The van der Waals surface area contributed by atoms with Crippen molar-refractivity contribution in [1.29, 1.82) is 5.26 Å². The van der Waals surface area contributed by atoms with E-state index in [0.29, 0.717) is 32.6 Å². The molecule has 0 amide bonds. The molecule has 1 aliphatic heterocycles. The fourth-order valence-corrected chi connectivity index (χ4v) is 4.51. The van der Waals surface area contributed by atoms with Crippen LogP contribution in [0.1, 0.15) is 34.6 Å². The number of hydrogen-bond donors (Lipinski definition) is 2. The molecule has 3 aromatic rings. The molecule has 2 aromatic carbocycles. The Balaban J connectivity index is 1.61. The number of nitrogen functional groups attached to an aromatic ring is 1. The summed E-state index contributed by atoms with van der Waals surface area (Å²) in [5.41, 5.74) is 8.94. The Morgan fingerprint density at radius 3 is 2.55 bits per heavy atom. The molecule has 2 heterocycles. The van der Waals surface area contributed by atoms with Crippen molar-refractivity contribution >= 4 is 39.2 Å². The fraction of sp³-hybridized carbons (Fsp3) is 0.217. The van der Waals surface area contributed by atoms with Gasteiger partial charge in [0, 0.05) is 36.1 Å². The topological polar surface area (TPSA) is 101 Å². The SMILES string of the molecule is CCN(CC)c1ccc(C(=O)c2sc(Nc3ccc4c(c3)OCO4)c(C#N)c2N)cc1. The molecule has 4 rings (SSSR count). The number of nitrogens with two attached hydrogens (primary N) is 1. The van der Waals surface area contributed by atoms with Gasteiger partial charge in [-0.05, 0) is 50.2 Å². The number of nitrogens with one attached hydrogen (secondary N) is 1. The highest BCUT2D eigenvalue weighted by molar-refractivity contribution is 7.19. The molecular formula is C23H22N4O3S. The van der Waals surface area contributed by atoms with E-state index in [4.69, 9.17) is 15.2 Å². The van der Waals surface area contributed by atoms with E-state index in [1.54, 1.807) is 24.3 Å². The van der Waals surface area contributed by atoms with Crippen LogP contribution in [0.5, 0.6) is 11.5 Å². The number of rotatable bonds is 7. The molecule has 7 nitrogen and oxygen atoms in total. The molecule has 3 N–H and O–H groups in total. The highest BCUT2D eigenvalue weighted by Crippen LogP contribution is 2.40. The van der Waals surface area contributed by atoms with E-state index < -0.39 is 0 Å². The van der Waals surface area contributed by atoms with E-state index in [-0.39, 0.29) is 23.8 Å². The van der Waals surface area contributed by atoms with Gasteiger partial charge in [-0.25, -0.2) is 0 Å². The lowest BCUT2D eigenvalue weighted by Gasteiger charge is -2.20. The molecule has 0 radical (unpaired) electrons. The molecule has 0 aliphatic carbocycles. The van der Waals surface area contributed by atoms with Crippen molar-refractivity contribution in [3.05, 3.63) is 58.5 Å². The van der Waals surface area contributed by atoms with Crippen LogP contribution in [0.25, 0.3) is 0 Å². The average Bonchev–Trinajstić information content (AvgIpc) is 3.38. The molecule has 0 atom stereocenters. The Hall–Kier alpha value is -3.70. The van der Waals surface area contributed by atoms with Gasteiger partial charge in [-0.15, -0.1) is 11.3 Å². The van der Waals surface area contributed by atoms with Crippen LogP contribution in [0.4, 0.5) is 22.1 Å². The van der Waals surface area contributed by atoms with Crippen molar-refractivity contribution in [2.45, 2.75) is 13.8 Å². The van der Waals surface area contributed by atoms with E-state index in [1.807, 2.05) is 18.2 Å². The lowest BCUT2D eigenvalue weighted by atomic mass is 10.1. The van der Waals surface area contributed by atoms with Gasteiger partial charge in [-0.3, -0.25) is 4.79 Å². The lowest BCUT2D eigenvalue weighted by Crippen LogP contribution is -2.21. The molecule has 8 heteroatoms. The standard InChI is InChI=1S/C23H22N4O3S/c1-3-27(4-2)16-8-5-14(6-9-16)21(28)22-20(25)17(12-24)23(31-22)26-15-7-10-18-19(11-15)30-13-29-18/h5-11,26H,3-4,13,25H2,1-2H3. The van der Waals surface area contributed by atoms with Gasteiger partial charge in [0.05, 0.1) is 5.69 Å². The maximum Gasteiger partial charge on any atom is 0.231 e. The van der Waals surface area contributed by atoms with Crippen molar-refractivity contribution in [3.8, 4) is 17.6 Å². The Labute approximate surface area is 184 Å². The molecule has 0 saturated heterocycles. The summed E-state index contributed by atoms with van der Waals surface area (Å²) < 4.78 is 10.7. The third kappa shape index (κ3) is 3.88. The minimum Gasteiger partial charge on any atom is -0.454 e. The van der Waals surface area contributed by atoms with Gasteiger partial charge in [0.1, 0.15) is 21.5 Å². The van der Waals surface area contributed by atoms with Crippen LogP contribution >= 0.6 is 11.3 Å². The number of thiophene rings is 1. The molecule has 158 valence electrons. The minimum absolute atomic E-state index is 0.180. The van der Waals surface area contributed by atoms with Crippen LogP contribution in [0.15, 0.2) is 42.5 Å². The largest absolute Gasteiger partial charge is 0.454 e. The zero-order valence-electron chi connectivity index (χ0n) is 17.3. The van der Waals surface area contributed by atoms with Gasteiger partial charge in [0.15, 0.2) is 11.5 Å². The van der Waals surface area contributed by atoms with Gasteiger partial charge in [0.25, 0.3) is 0 Å². The molecule has 0 bridgehead atoms. The first-order chi connectivity index (χ1) is 15.0. The van der Waals surface area contributed by atoms with Crippen LogP contribution in [0.3, 0.4) is 0 Å². The van der Waals surface area contributed by atoms with Crippen molar-refractivity contribution in [2.75, 3.05) is 35.8 Å². The first-order valence-corrected chi connectivity index (χ1v) is 10.8. The summed E-state index contributed by atoms with van der Waals surface area (Å²) in [4.78, 5) is 15.7. The number of ether oxygens (including phenoxy) is 2.